The predicted octanol–water partition coefficient (Wildman–Crippen LogP) is 3.34. The van der Waals surface area contributed by atoms with Gasteiger partial charge < -0.3 is 9.80 Å². The number of benzene rings is 1. The minimum atomic E-state index is 0.348. The SMILES string of the molecule is CN1CCN(c2ncccc2Br)C(c2ccccc2)C1. The van der Waals surface area contributed by atoms with Crippen molar-refractivity contribution in [1.82, 2.24) is 9.88 Å². The van der Waals surface area contributed by atoms with E-state index in [9.17, 15) is 0 Å². The lowest BCUT2D eigenvalue weighted by atomic mass is 10.0. The smallest absolute Gasteiger partial charge is 0.143 e. The zero-order chi connectivity index (χ0) is 13.9. The summed E-state index contributed by atoms with van der Waals surface area (Å²) in [5.41, 5.74) is 1.34. The van der Waals surface area contributed by atoms with Gasteiger partial charge in [0.05, 0.1) is 10.5 Å². The lowest BCUT2D eigenvalue weighted by Gasteiger charge is -2.41. The number of halogens is 1. The lowest BCUT2D eigenvalue weighted by molar-refractivity contribution is 0.268. The molecular formula is C16H18BrN3. The Labute approximate surface area is 128 Å². The van der Waals surface area contributed by atoms with Crippen LogP contribution >= 0.6 is 15.9 Å². The summed E-state index contributed by atoms with van der Waals surface area (Å²) in [7, 11) is 2.18. The van der Waals surface area contributed by atoms with E-state index in [1.165, 1.54) is 5.56 Å². The Bertz CT molecular complexity index is 573. The highest BCUT2D eigenvalue weighted by atomic mass is 79.9. The van der Waals surface area contributed by atoms with Gasteiger partial charge in [-0.3, -0.25) is 0 Å². The Hall–Kier alpha value is -1.39. The largest absolute Gasteiger partial charge is 0.346 e. The van der Waals surface area contributed by atoms with Gasteiger partial charge in [-0.1, -0.05) is 30.3 Å². The maximum atomic E-state index is 4.56. The molecule has 0 radical (unpaired) electrons. The summed E-state index contributed by atoms with van der Waals surface area (Å²) >= 11 is 3.63. The van der Waals surface area contributed by atoms with Gasteiger partial charge in [0.25, 0.3) is 0 Å². The Balaban J connectivity index is 1.97. The van der Waals surface area contributed by atoms with E-state index >= 15 is 0 Å². The Kier molecular flexibility index (Phi) is 4.03. The number of aromatic nitrogens is 1. The fourth-order valence-corrected chi connectivity index (χ4v) is 3.20. The molecule has 0 saturated carbocycles. The Morgan fingerprint density at radius 3 is 2.65 bits per heavy atom. The van der Waals surface area contributed by atoms with Crippen molar-refractivity contribution in [2.75, 3.05) is 31.6 Å². The molecule has 1 aliphatic heterocycles. The molecule has 0 amide bonds. The molecule has 20 heavy (non-hydrogen) atoms. The van der Waals surface area contributed by atoms with Gasteiger partial charge in [-0.2, -0.15) is 0 Å². The Morgan fingerprint density at radius 1 is 1.10 bits per heavy atom. The van der Waals surface area contributed by atoms with Crippen LogP contribution in [0.2, 0.25) is 0 Å². The van der Waals surface area contributed by atoms with Crippen molar-refractivity contribution in [3.8, 4) is 0 Å². The first-order valence-corrected chi connectivity index (χ1v) is 7.65. The Morgan fingerprint density at radius 2 is 1.90 bits per heavy atom. The number of piperazine rings is 1. The van der Waals surface area contributed by atoms with E-state index in [1.807, 2.05) is 12.3 Å². The minimum absolute atomic E-state index is 0.348. The molecule has 1 aromatic heterocycles. The summed E-state index contributed by atoms with van der Waals surface area (Å²) in [5.74, 6) is 1.04. The molecular weight excluding hydrogens is 314 g/mol. The van der Waals surface area contributed by atoms with Gasteiger partial charge in [0.15, 0.2) is 0 Å². The van der Waals surface area contributed by atoms with E-state index < -0.39 is 0 Å². The average molecular weight is 332 g/mol. The minimum Gasteiger partial charge on any atom is -0.346 e. The van der Waals surface area contributed by atoms with Crippen molar-refractivity contribution in [3.05, 3.63) is 58.7 Å². The highest BCUT2D eigenvalue weighted by Gasteiger charge is 2.28. The van der Waals surface area contributed by atoms with Gasteiger partial charge in [-0.05, 0) is 40.7 Å². The van der Waals surface area contributed by atoms with Gasteiger partial charge in [-0.25, -0.2) is 4.98 Å². The molecule has 3 nitrogen and oxygen atoms in total. The number of hydrogen-bond donors (Lipinski definition) is 0. The molecule has 2 heterocycles. The molecule has 4 heteroatoms. The summed E-state index contributed by atoms with van der Waals surface area (Å²) < 4.78 is 1.06. The molecule has 1 fully saturated rings. The first-order chi connectivity index (χ1) is 9.75. The number of nitrogens with zero attached hydrogens (tertiary/aromatic N) is 3. The van der Waals surface area contributed by atoms with E-state index in [4.69, 9.17) is 0 Å². The summed E-state index contributed by atoms with van der Waals surface area (Å²) in [5, 5.41) is 0. The number of likely N-dealkylation sites (N-methyl/N-ethyl adjacent to an activating group) is 1. The fraction of sp³-hybridized carbons (Fsp3) is 0.312. The van der Waals surface area contributed by atoms with E-state index in [-0.39, 0.29) is 0 Å². The van der Waals surface area contributed by atoms with Crippen LogP contribution in [0.25, 0.3) is 0 Å². The monoisotopic (exact) mass is 331 g/mol. The maximum absolute atomic E-state index is 4.56. The van der Waals surface area contributed by atoms with Crippen LogP contribution in [0.15, 0.2) is 53.1 Å². The van der Waals surface area contributed by atoms with Crippen molar-refractivity contribution >= 4 is 21.7 Å². The summed E-state index contributed by atoms with van der Waals surface area (Å²) in [4.78, 5) is 9.35. The molecule has 0 spiro atoms. The van der Waals surface area contributed by atoms with Crippen LogP contribution in [0.4, 0.5) is 5.82 Å². The molecule has 1 atom stereocenters. The first kappa shape index (κ1) is 13.6. The van der Waals surface area contributed by atoms with Gasteiger partial charge in [0, 0.05) is 25.8 Å². The van der Waals surface area contributed by atoms with Crippen LogP contribution < -0.4 is 4.90 Å². The number of anilines is 1. The topological polar surface area (TPSA) is 19.4 Å². The molecule has 2 aromatic rings. The van der Waals surface area contributed by atoms with Crippen molar-refractivity contribution in [2.45, 2.75) is 6.04 Å². The van der Waals surface area contributed by atoms with E-state index in [1.54, 1.807) is 0 Å². The van der Waals surface area contributed by atoms with Gasteiger partial charge >= 0.3 is 0 Å². The molecule has 1 aliphatic rings. The van der Waals surface area contributed by atoms with E-state index in [0.717, 1.165) is 29.9 Å². The van der Waals surface area contributed by atoms with Gasteiger partial charge in [0.2, 0.25) is 0 Å². The highest BCUT2D eigenvalue weighted by molar-refractivity contribution is 9.10. The summed E-state index contributed by atoms with van der Waals surface area (Å²) in [6.07, 6.45) is 1.86. The van der Waals surface area contributed by atoms with Crippen LogP contribution in [0.5, 0.6) is 0 Å². The molecule has 0 N–H and O–H groups in total. The molecule has 104 valence electrons. The summed E-state index contributed by atoms with van der Waals surface area (Å²) in [6.45, 7) is 3.07. The number of hydrogen-bond acceptors (Lipinski definition) is 3. The fourth-order valence-electron chi connectivity index (χ4n) is 2.72. The number of rotatable bonds is 2. The molecule has 0 bridgehead atoms. The van der Waals surface area contributed by atoms with Crippen LogP contribution in [-0.4, -0.2) is 36.6 Å². The highest BCUT2D eigenvalue weighted by Crippen LogP contribution is 2.33. The third-order valence-corrected chi connectivity index (χ3v) is 4.40. The summed E-state index contributed by atoms with van der Waals surface area (Å²) in [6, 6.07) is 15.1. The van der Waals surface area contributed by atoms with E-state index in [2.05, 4.69) is 74.2 Å². The quantitative estimate of drug-likeness (QED) is 0.841. The zero-order valence-electron chi connectivity index (χ0n) is 11.5. The first-order valence-electron chi connectivity index (χ1n) is 6.86. The van der Waals surface area contributed by atoms with Gasteiger partial charge in [0.1, 0.15) is 5.82 Å². The standard InChI is InChI=1S/C16H18BrN3/c1-19-10-11-20(16-14(17)8-5-9-18-16)15(12-19)13-6-3-2-4-7-13/h2-9,15H,10-12H2,1H3. The van der Waals surface area contributed by atoms with Gasteiger partial charge in [-0.15, -0.1) is 0 Å². The lowest BCUT2D eigenvalue weighted by Crippen LogP contribution is -2.47. The molecule has 3 rings (SSSR count). The van der Waals surface area contributed by atoms with Crippen molar-refractivity contribution < 1.29 is 0 Å². The van der Waals surface area contributed by atoms with Crippen LogP contribution in [0.1, 0.15) is 11.6 Å². The molecule has 1 aromatic carbocycles. The molecule has 1 saturated heterocycles. The maximum Gasteiger partial charge on any atom is 0.143 e. The zero-order valence-corrected chi connectivity index (χ0v) is 13.1. The second kappa shape index (κ2) is 5.94. The normalized spacial score (nSPS) is 20.1. The average Bonchev–Trinajstić information content (AvgIpc) is 2.49. The van der Waals surface area contributed by atoms with Crippen molar-refractivity contribution in [2.24, 2.45) is 0 Å². The second-order valence-corrected chi connectivity index (χ2v) is 6.05. The third kappa shape index (κ3) is 2.72. The van der Waals surface area contributed by atoms with Crippen molar-refractivity contribution in [3.63, 3.8) is 0 Å². The molecule has 0 aliphatic carbocycles. The third-order valence-electron chi connectivity index (χ3n) is 3.78. The predicted molar refractivity (Wildman–Crippen MR) is 86.0 cm³/mol. The number of pyridine rings is 1. The van der Waals surface area contributed by atoms with Crippen LogP contribution in [0, 0.1) is 0 Å². The van der Waals surface area contributed by atoms with Crippen LogP contribution in [-0.2, 0) is 0 Å². The molecule has 1 unspecified atom stereocenters. The second-order valence-electron chi connectivity index (χ2n) is 5.19. The van der Waals surface area contributed by atoms with Crippen LogP contribution in [0.3, 0.4) is 0 Å². The van der Waals surface area contributed by atoms with Crippen molar-refractivity contribution in [1.29, 1.82) is 0 Å². The van der Waals surface area contributed by atoms with E-state index in [0.29, 0.717) is 6.04 Å².